The fraction of sp³-hybridized carbons (Fsp3) is 0.571. The molecule has 0 radical (unpaired) electrons. The quantitative estimate of drug-likeness (QED) is 0.750. The number of nitrogens with two attached hydrogens (primary N) is 1. The molecular formula is C14H25N3O2S. The average molecular weight is 299 g/mol. The summed E-state index contributed by atoms with van der Waals surface area (Å²) in [5.41, 5.74) is 6.88. The summed E-state index contributed by atoms with van der Waals surface area (Å²) in [6.07, 6.45) is 0. The number of nitrogens with one attached hydrogen (secondary N) is 1. The van der Waals surface area contributed by atoms with Gasteiger partial charge in [-0.25, -0.2) is 13.1 Å². The molecule has 0 saturated carbocycles. The summed E-state index contributed by atoms with van der Waals surface area (Å²) < 4.78 is 27.4. The van der Waals surface area contributed by atoms with Crippen LogP contribution < -0.4 is 10.5 Å². The Bertz CT molecular complexity index is 539. The molecule has 0 fully saturated rings. The third kappa shape index (κ3) is 4.47. The molecule has 5 nitrogen and oxygen atoms in total. The third-order valence-corrected chi connectivity index (χ3v) is 5.02. The molecule has 0 heterocycles. The van der Waals surface area contributed by atoms with Crippen molar-refractivity contribution in [2.45, 2.75) is 38.6 Å². The summed E-state index contributed by atoms with van der Waals surface area (Å²) >= 11 is 0. The van der Waals surface area contributed by atoms with Crippen molar-refractivity contribution in [1.29, 1.82) is 0 Å². The summed E-state index contributed by atoms with van der Waals surface area (Å²) in [4.78, 5) is 2.47. The standard InChI is InChI=1S/C14H25N3O2S/c1-5-17(6-2)10-12(4)16-20(18,19)14-8-7-13(15)9-11(14)3/h7-9,12,16H,5-6,10,15H2,1-4H3. The van der Waals surface area contributed by atoms with E-state index in [2.05, 4.69) is 23.5 Å². The topological polar surface area (TPSA) is 75.4 Å². The van der Waals surface area contributed by atoms with E-state index in [9.17, 15) is 8.42 Å². The van der Waals surface area contributed by atoms with Gasteiger partial charge in [0.15, 0.2) is 0 Å². The molecule has 1 rings (SSSR count). The van der Waals surface area contributed by atoms with Gasteiger partial charge in [-0.3, -0.25) is 0 Å². The molecule has 0 aliphatic carbocycles. The Balaban J connectivity index is 2.84. The van der Waals surface area contributed by atoms with E-state index < -0.39 is 10.0 Å². The first-order valence-electron chi connectivity index (χ1n) is 6.91. The fourth-order valence-electron chi connectivity index (χ4n) is 2.21. The lowest BCUT2D eigenvalue weighted by molar-refractivity contribution is 0.282. The van der Waals surface area contributed by atoms with Crippen molar-refractivity contribution in [2.75, 3.05) is 25.4 Å². The summed E-state index contributed by atoms with van der Waals surface area (Å²) in [5, 5.41) is 0. The van der Waals surface area contributed by atoms with Gasteiger partial charge in [-0.05, 0) is 50.7 Å². The van der Waals surface area contributed by atoms with Crippen molar-refractivity contribution in [2.24, 2.45) is 0 Å². The highest BCUT2D eigenvalue weighted by molar-refractivity contribution is 7.89. The maximum atomic E-state index is 12.4. The van der Waals surface area contributed by atoms with Crippen LogP contribution in [0.4, 0.5) is 5.69 Å². The van der Waals surface area contributed by atoms with E-state index in [-0.39, 0.29) is 10.9 Å². The zero-order valence-electron chi connectivity index (χ0n) is 12.7. The van der Waals surface area contributed by atoms with Crippen LogP contribution in [0.1, 0.15) is 26.3 Å². The van der Waals surface area contributed by atoms with Gasteiger partial charge in [-0.1, -0.05) is 13.8 Å². The van der Waals surface area contributed by atoms with Crippen LogP contribution in [0, 0.1) is 6.92 Å². The first-order chi connectivity index (χ1) is 9.30. The Labute approximate surface area is 122 Å². The Morgan fingerprint density at radius 2 is 1.90 bits per heavy atom. The number of nitrogen functional groups attached to an aromatic ring is 1. The Morgan fingerprint density at radius 1 is 1.30 bits per heavy atom. The lowest BCUT2D eigenvalue weighted by Gasteiger charge is -2.23. The Hall–Kier alpha value is -1.11. The van der Waals surface area contributed by atoms with Crippen LogP contribution in [0.3, 0.4) is 0 Å². The van der Waals surface area contributed by atoms with Crippen LogP contribution >= 0.6 is 0 Å². The summed E-state index contributed by atoms with van der Waals surface area (Å²) in [7, 11) is -3.50. The lowest BCUT2D eigenvalue weighted by Crippen LogP contribution is -2.42. The van der Waals surface area contributed by atoms with Gasteiger partial charge in [0.2, 0.25) is 10.0 Å². The van der Waals surface area contributed by atoms with E-state index in [1.54, 1.807) is 25.1 Å². The van der Waals surface area contributed by atoms with Crippen molar-refractivity contribution < 1.29 is 8.42 Å². The van der Waals surface area contributed by atoms with Gasteiger partial charge in [0, 0.05) is 18.3 Å². The summed E-state index contributed by atoms with van der Waals surface area (Å²) in [6, 6.07) is 4.69. The van der Waals surface area contributed by atoms with E-state index in [0.29, 0.717) is 17.8 Å². The molecule has 0 spiro atoms. The molecule has 1 unspecified atom stereocenters. The molecular weight excluding hydrogens is 274 g/mol. The summed E-state index contributed by atoms with van der Waals surface area (Å²) in [5.74, 6) is 0. The zero-order valence-corrected chi connectivity index (χ0v) is 13.5. The maximum Gasteiger partial charge on any atom is 0.241 e. The van der Waals surface area contributed by atoms with Gasteiger partial charge < -0.3 is 10.6 Å². The van der Waals surface area contributed by atoms with Crippen LogP contribution in [0.5, 0.6) is 0 Å². The van der Waals surface area contributed by atoms with Crippen molar-refractivity contribution in [3.05, 3.63) is 23.8 Å². The lowest BCUT2D eigenvalue weighted by atomic mass is 10.2. The van der Waals surface area contributed by atoms with Gasteiger partial charge in [-0.15, -0.1) is 0 Å². The molecule has 20 heavy (non-hydrogen) atoms. The predicted molar refractivity (Wildman–Crippen MR) is 83.2 cm³/mol. The number of benzene rings is 1. The van der Waals surface area contributed by atoms with Gasteiger partial charge in [0.05, 0.1) is 4.90 Å². The van der Waals surface area contributed by atoms with Crippen molar-refractivity contribution in [1.82, 2.24) is 9.62 Å². The molecule has 0 amide bonds. The number of aryl methyl sites for hydroxylation is 1. The van der Waals surface area contributed by atoms with Crippen LogP contribution in [0.15, 0.2) is 23.1 Å². The second kappa shape index (κ2) is 7.06. The van der Waals surface area contributed by atoms with Crippen LogP contribution in [0.25, 0.3) is 0 Å². The van der Waals surface area contributed by atoms with E-state index in [1.807, 2.05) is 6.92 Å². The van der Waals surface area contributed by atoms with Crippen LogP contribution in [-0.4, -0.2) is 39.0 Å². The molecule has 6 heteroatoms. The van der Waals surface area contributed by atoms with Crippen LogP contribution in [0.2, 0.25) is 0 Å². The van der Waals surface area contributed by atoms with E-state index in [0.717, 1.165) is 13.1 Å². The molecule has 1 atom stereocenters. The SMILES string of the molecule is CCN(CC)CC(C)NS(=O)(=O)c1ccc(N)cc1C. The number of rotatable bonds is 7. The largest absolute Gasteiger partial charge is 0.399 e. The second-order valence-electron chi connectivity index (χ2n) is 5.03. The molecule has 1 aromatic carbocycles. The number of sulfonamides is 1. The Kier molecular flexibility index (Phi) is 5.98. The van der Waals surface area contributed by atoms with Crippen molar-refractivity contribution in [3.8, 4) is 0 Å². The van der Waals surface area contributed by atoms with Gasteiger partial charge in [-0.2, -0.15) is 0 Å². The highest BCUT2D eigenvalue weighted by Crippen LogP contribution is 2.18. The zero-order chi connectivity index (χ0) is 15.3. The third-order valence-electron chi connectivity index (χ3n) is 3.27. The first-order valence-corrected chi connectivity index (χ1v) is 8.39. The smallest absolute Gasteiger partial charge is 0.241 e. The number of hydrogen-bond acceptors (Lipinski definition) is 4. The normalized spacial score (nSPS) is 13.7. The van der Waals surface area contributed by atoms with E-state index >= 15 is 0 Å². The monoisotopic (exact) mass is 299 g/mol. The number of likely N-dealkylation sites (N-methyl/N-ethyl adjacent to an activating group) is 1. The van der Waals surface area contributed by atoms with Crippen molar-refractivity contribution in [3.63, 3.8) is 0 Å². The highest BCUT2D eigenvalue weighted by atomic mass is 32.2. The molecule has 0 saturated heterocycles. The highest BCUT2D eigenvalue weighted by Gasteiger charge is 2.20. The maximum absolute atomic E-state index is 12.4. The van der Waals surface area contributed by atoms with Gasteiger partial charge in [0.1, 0.15) is 0 Å². The number of anilines is 1. The Morgan fingerprint density at radius 3 is 2.40 bits per heavy atom. The average Bonchev–Trinajstić information content (AvgIpc) is 2.34. The van der Waals surface area contributed by atoms with Crippen LogP contribution in [-0.2, 0) is 10.0 Å². The number of hydrogen-bond donors (Lipinski definition) is 2. The first kappa shape index (κ1) is 16.9. The van der Waals surface area contributed by atoms with Gasteiger partial charge >= 0.3 is 0 Å². The molecule has 0 aliphatic heterocycles. The minimum Gasteiger partial charge on any atom is -0.399 e. The molecule has 3 N–H and O–H groups in total. The van der Waals surface area contributed by atoms with Crippen molar-refractivity contribution >= 4 is 15.7 Å². The van der Waals surface area contributed by atoms with Gasteiger partial charge in [0.25, 0.3) is 0 Å². The fourth-order valence-corrected chi connectivity index (χ4v) is 3.67. The minimum atomic E-state index is -3.50. The summed E-state index contributed by atoms with van der Waals surface area (Å²) in [6.45, 7) is 10.3. The molecule has 0 aliphatic rings. The molecule has 0 aromatic heterocycles. The molecule has 0 bridgehead atoms. The second-order valence-corrected chi connectivity index (χ2v) is 6.72. The molecule has 114 valence electrons. The predicted octanol–water partition coefficient (Wildman–Crippen LogP) is 1.59. The van der Waals surface area contributed by atoms with E-state index in [4.69, 9.17) is 5.73 Å². The minimum absolute atomic E-state index is 0.142. The number of nitrogens with zero attached hydrogens (tertiary/aromatic N) is 1. The van der Waals surface area contributed by atoms with E-state index in [1.165, 1.54) is 0 Å². The molecule has 1 aromatic rings.